The number of benzene rings is 2. The van der Waals surface area contributed by atoms with E-state index in [0.29, 0.717) is 34.5 Å². The molecule has 42 heavy (non-hydrogen) atoms. The summed E-state index contributed by atoms with van der Waals surface area (Å²) in [5.41, 5.74) is 3.78. The van der Waals surface area contributed by atoms with Crippen LogP contribution in [-0.2, 0) is 38.6 Å². The van der Waals surface area contributed by atoms with Crippen LogP contribution >= 0.6 is 0 Å². The second kappa shape index (κ2) is 13.0. The highest BCUT2D eigenvalue weighted by molar-refractivity contribution is 7.85. The molecule has 0 aliphatic rings. The van der Waals surface area contributed by atoms with E-state index in [1.807, 2.05) is 36.4 Å². The highest BCUT2D eigenvalue weighted by atomic mass is 32.2. The van der Waals surface area contributed by atoms with Crippen LogP contribution in [0, 0.1) is 11.3 Å². The van der Waals surface area contributed by atoms with Crippen LogP contribution in [-0.4, -0.2) is 47.2 Å². The minimum atomic E-state index is -3.81. The lowest BCUT2D eigenvalue weighted by molar-refractivity contribution is 0.0498. The van der Waals surface area contributed by atoms with Gasteiger partial charge in [0.1, 0.15) is 17.9 Å². The molecule has 0 unspecified atom stereocenters. The number of nitriles is 1. The van der Waals surface area contributed by atoms with Crippen molar-refractivity contribution in [3.63, 3.8) is 0 Å². The van der Waals surface area contributed by atoms with Crippen LogP contribution in [0.3, 0.4) is 0 Å². The van der Waals surface area contributed by atoms with E-state index in [2.05, 4.69) is 16.4 Å². The van der Waals surface area contributed by atoms with Gasteiger partial charge in [0, 0.05) is 23.5 Å². The van der Waals surface area contributed by atoms with Gasteiger partial charge in [-0.1, -0.05) is 42.5 Å². The van der Waals surface area contributed by atoms with Crippen molar-refractivity contribution >= 4 is 16.2 Å². The maximum Gasteiger partial charge on any atom is 0.407 e. The van der Waals surface area contributed by atoms with Crippen molar-refractivity contribution in [2.24, 2.45) is 0 Å². The summed E-state index contributed by atoms with van der Waals surface area (Å²) in [6, 6.07) is 21.9. The third kappa shape index (κ3) is 8.49. The number of pyridine rings is 1. The van der Waals surface area contributed by atoms with E-state index in [4.69, 9.17) is 14.0 Å². The molecule has 1 N–H and O–H groups in total. The summed E-state index contributed by atoms with van der Waals surface area (Å²) in [5, 5.41) is 17.4. The molecule has 1 amide bonds. The van der Waals surface area contributed by atoms with Gasteiger partial charge < -0.3 is 10.1 Å². The fourth-order valence-electron chi connectivity index (χ4n) is 4.46. The number of hydrogen-bond donors (Lipinski definition) is 1. The fraction of sp³-hybridized carbons (Fsp3) is 0.290. The SMILES string of the molecule is CC(C)(C)OC(=O)N[C@@H](Cc1ccccc1)Cn1nc(-c2cccc(C#N)c2)c(-c2ccncc2)c1COS(C)(=O)=O. The Hall–Kier alpha value is -4.53. The first-order valence-corrected chi connectivity index (χ1v) is 15.1. The number of hydrogen-bond acceptors (Lipinski definition) is 8. The third-order valence-corrected chi connectivity index (χ3v) is 6.69. The Morgan fingerprint density at radius 3 is 2.40 bits per heavy atom. The molecule has 0 bridgehead atoms. The molecule has 4 aromatic rings. The van der Waals surface area contributed by atoms with Crippen LogP contribution in [0.15, 0.2) is 79.1 Å². The normalized spacial score (nSPS) is 12.4. The van der Waals surface area contributed by atoms with E-state index in [1.165, 1.54) is 0 Å². The number of alkyl carbamates (subject to hydrolysis) is 1. The number of ether oxygens (including phenoxy) is 1. The quantitative estimate of drug-likeness (QED) is 0.253. The molecule has 2 aromatic heterocycles. The zero-order valence-electron chi connectivity index (χ0n) is 23.9. The van der Waals surface area contributed by atoms with Crippen molar-refractivity contribution < 1.29 is 22.1 Å². The summed E-state index contributed by atoms with van der Waals surface area (Å²) in [4.78, 5) is 17.0. The summed E-state index contributed by atoms with van der Waals surface area (Å²) in [5.74, 6) is 0. The molecule has 0 saturated carbocycles. The van der Waals surface area contributed by atoms with Crippen molar-refractivity contribution in [1.82, 2.24) is 20.1 Å². The number of nitrogens with zero attached hydrogens (tertiary/aromatic N) is 4. The summed E-state index contributed by atoms with van der Waals surface area (Å²) < 4.78 is 36.7. The number of aromatic nitrogens is 3. The Bertz CT molecular complexity index is 1670. The van der Waals surface area contributed by atoms with Gasteiger partial charge in [0.2, 0.25) is 0 Å². The lowest BCUT2D eigenvalue weighted by Crippen LogP contribution is -2.42. The second-order valence-corrected chi connectivity index (χ2v) is 12.4. The van der Waals surface area contributed by atoms with E-state index in [0.717, 1.165) is 17.4 Å². The van der Waals surface area contributed by atoms with Gasteiger partial charge in [0.15, 0.2) is 0 Å². The van der Waals surface area contributed by atoms with Gasteiger partial charge in [-0.2, -0.15) is 18.8 Å². The molecule has 0 saturated heterocycles. The van der Waals surface area contributed by atoms with Gasteiger partial charge in [-0.15, -0.1) is 0 Å². The van der Waals surface area contributed by atoms with E-state index < -0.39 is 27.9 Å². The van der Waals surface area contributed by atoms with E-state index in [-0.39, 0.29) is 13.2 Å². The Balaban J connectivity index is 1.85. The van der Waals surface area contributed by atoms with Crippen LogP contribution in [0.2, 0.25) is 0 Å². The molecular weight excluding hydrogens is 554 g/mol. The molecule has 2 heterocycles. The average Bonchev–Trinajstić information content (AvgIpc) is 3.29. The summed E-state index contributed by atoms with van der Waals surface area (Å²) >= 11 is 0. The van der Waals surface area contributed by atoms with Crippen molar-refractivity contribution in [1.29, 1.82) is 5.26 Å². The molecule has 0 fully saturated rings. The summed E-state index contributed by atoms with van der Waals surface area (Å²) in [7, 11) is -3.81. The third-order valence-electron chi connectivity index (χ3n) is 6.14. The smallest absolute Gasteiger partial charge is 0.407 e. The fourth-order valence-corrected chi connectivity index (χ4v) is 4.79. The van der Waals surface area contributed by atoms with Crippen molar-refractivity contribution in [3.8, 4) is 28.5 Å². The van der Waals surface area contributed by atoms with Crippen LogP contribution in [0.5, 0.6) is 0 Å². The van der Waals surface area contributed by atoms with E-state index in [9.17, 15) is 18.5 Å². The van der Waals surface area contributed by atoms with E-state index >= 15 is 0 Å². The van der Waals surface area contributed by atoms with E-state index in [1.54, 1.807) is 68.2 Å². The number of amides is 1. The zero-order valence-corrected chi connectivity index (χ0v) is 24.8. The van der Waals surface area contributed by atoms with Crippen LogP contribution in [0.4, 0.5) is 4.79 Å². The molecule has 0 radical (unpaired) electrons. The molecule has 1 atom stereocenters. The topological polar surface area (TPSA) is 136 Å². The van der Waals surface area contributed by atoms with Gasteiger partial charge in [-0.3, -0.25) is 13.8 Å². The molecular formula is C31H33N5O5S. The monoisotopic (exact) mass is 587 g/mol. The standard InChI is InChI=1S/C31H33N5O5S/c1-31(2,3)41-30(37)34-26(18-22-9-6-5-7-10-22)20-36-27(21-40-42(4,38)39)28(24-13-15-33-16-14-24)29(35-36)25-12-8-11-23(17-25)19-32/h5-17,26H,18,20-21H2,1-4H3,(H,34,37)/t26-/m0/s1. The Morgan fingerprint density at radius 1 is 1.05 bits per heavy atom. The molecule has 0 spiro atoms. The first-order chi connectivity index (χ1) is 19.9. The Kier molecular flexibility index (Phi) is 9.40. The van der Waals surface area contributed by atoms with Crippen LogP contribution < -0.4 is 5.32 Å². The van der Waals surface area contributed by atoms with Crippen molar-refractivity contribution in [2.45, 2.75) is 52.0 Å². The number of nitrogens with one attached hydrogen (secondary N) is 1. The first-order valence-electron chi connectivity index (χ1n) is 13.3. The summed E-state index contributed by atoms with van der Waals surface area (Å²) in [6.07, 6.45) is 4.12. The lowest BCUT2D eigenvalue weighted by Gasteiger charge is -2.24. The molecule has 0 aliphatic carbocycles. The maximum atomic E-state index is 12.9. The van der Waals surface area contributed by atoms with Gasteiger partial charge >= 0.3 is 6.09 Å². The molecule has 2 aromatic carbocycles. The largest absolute Gasteiger partial charge is 0.444 e. The molecule has 11 heteroatoms. The minimum absolute atomic E-state index is 0.173. The molecule has 218 valence electrons. The molecule has 4 rings (SSSR count). The lowest BCUT2D eigenvalue weighted by atomic mass is 9.98. The van der Waals surface area contributed by atoms with Crippen molar-refractivity contribution in [2.75, 3.05) is 6.26 Å². The molecule has 10 nitrogen and oxygen atoms in total. The highest BCUT2D eigenvalue weighted by Crippen LogP contribution is 2.35. The Morgan fingerprint density at radius 2 is 1.76 bits per heavy atom. The van der Waals surface area contributed by atoms with Crippen LogP contribution in [0.25, 0.3) is 22.4 Å². The summed E-state index contributed by atoms with van der Waals surface area (Å²) in [6.45, 7) is 5.24. The van der Waals surface area contributed by atoms with Gasteiger partial charge in [0.25, 0.3) is 10.1 Å². The first kappa shape index (κ1) is 30.4. The highest BCUT2D eigenvalue weighted by Gasteiger charge is 2.26. The minimum Gasteiger partial charge on any atom is -0.444 e. The predicted octanol–water partition coefficient (Wildman–Crippen LogP) is 5.10. The predicted molar refractivity (Wildman–Crippen MR) is 159 cm³/mol. The average molecular weight is 588 g/mol. The van der Waals surface area contributed by atoms with Gasteiger partial charge in [0.05, 0.1) is 36.2 Å². The zero-order chi connectivity index (χ0) is 30.3. The second-order valence-electron chi connectivity index (χ2n) is 10.8. The van der Waals surface area contributed by atoms with Crippen molar-refractivity contribution in [3.05, 3.63) is 95.9 Å². The Labute approximate surface area is 246 Å². The molecule has 0 aliphatic heterocycles. The van der Waals surface area contributed by atoms with Gasteiger partial charge in [-0.05, 0) is 62.6 Å². The number of carbonyl (C=O) groups is 1. The van der Waals surface area contributed by atoms with Gasteiger partial charge in [-0.25, -0.2) is 4.79 Å². The number of rotatable bonds is 10. The van der Waals surface area contributed by atoms with Crippen LogP contribution in [0.1, 0.15) is 37.6 Å². The maximum absolute atomic E-state index is 12.9. The number of carbonyl (C=O) groups excluding carboxylic acids is 1.